The van der Waals surface area contributed by atoms with Crippen LogP contribution in [-0.2, 0) is 0 Å². The van der Waals surface area contributed by atoms with E-state index in [0.29, 0.717) is 16.9 Å². The predicted octanol–water partition coefficient (Wildman–Crippen LogP) is 1.18. The Morgan fingerprint density at radius 1 is 1.45 bits per heavy atom. The van der Waals surface area contributed by atoms with E-state index in [4.69, 9.17) is 5.84 Å². The van der Waals surface area contributed by atoms with Crippen LogP contribution in [0.4, 0.5) is 5.82 Å². The number of anilines is 1. The molecule has 0 atom stereocenters. The molecule has 2 aromatic rings. The van der Waals surface area contributed by atoms with Crippen LogP contribution in [0.25, 0.3) is 0 Å². The molecule has 0 radical (unpaired) electrons. The summed E-state index contributed by atoms with van der Waals surface area (Å²) in [5.74, 6) is 7.33. The zero-order valence-electron chi connectivity index (χ0n) is 10.9. The zero-order valence-corrected chi connectivity index (χ0v) is 11.7. The quantitative estimate of drug-likeness (QED) is 0.336. The first-order valence-corrected chi connectivity index (χ1v) is 7.07. The summed E-state index contributed by atoms with van der Waals surface area (Å²) in [7, 11) is 0. The molecular weight excluding hydrogens is 276 g/mol. The van der Waals surface area contributed by atoms with E-state index in [1.807, 2.05) is 6.92 Å². The lowest BCUT2D eigenvalue weighted by molar-refractivity contribution is 0.855. The van der Waals surface area contributed by atoms with E-state index in [2.05, 4.69) is 25.4 Å². The third-order valence-electron chi connectivity index (χ3n) is 3.04. The minimum atomic E-state index is -0.186. The van der Waals surface area contributed by atoms with Crippen molar-refractivity contribution in [1.82, 2.24) is 19.9 Å². The van der Waals surface area contributed by atoms with Crippen LogP contribution in [0.2, 0.25) is 0 Å². The summed E-state index contributed by atoms with van der Waals surface area (Å²) < 4.78 is 0. The van der Waals surface area contributed by atoms with Gasteiger partial charge in [0, 0.05) is 23.7 Å². The Hall–Kier alpha value is -1.93. The minimum Gasteiger partial charge on any atom is -0.308 e. The van der Waals surface area contributed by atoms with Gasteiger partial charge < -0.3 is 10.4 Å². The van der Waals surface area contributed by atoms with Gasteiger partial charge >= 0.3 is 0 Å². The number of H-pyrrole nitrogens is 1. The lowest BCUT2D eigenvalue weighted by Crippen LogP contribution is -2.13. The van der Waals surface area contributed by atoms with E-state index in [1.54, 1.807) is 0 Å². The molecule has 0 saturated heterocycles. The molecule has 0 unspecified atom stereocenters. The van der Waals surface area contributed by atoms with Crippen molar-refractivity contribution >= 4 is 17.6 Å². The molecule has 1 saturated carbocycles. The van der Waals surface area contributed by atoms with Gasteiger partial charge in [-0.25, -0.2) is 20.8 Å². The summed E-state index contributed by atoms with van der Waals surface area (Å²) in [6.07, 6.45) is 3.69. The number of aromatic nitrogens is 4. The monoisotopic (exact) mass is 290 g/mol. The Morgan fingerprint density at radius 3 is 2.90 bits per heavy atom. The second-order valence-corrected chi connectivity index (χ2v) is 5.60. The smallest absolute Gasteiger partial charge is 0.251 e. The van der Waals surface area contributed by atoms with Crippen molar-refractivity contribution in [1.29, 1.82) is 0 Å². The average Bonchev–Trinajstić information content (AvgIpc) is 3.25. The van der Waals surface area contributed by atoms with Crippen LogP contribution in [0.15, 0.2) is 27.2 Å². The Bertz CT molecular complexity index is 697. The third kappa shape index (κ3) is 2.66. The lowest BCUT2D eigenvalue weighted by atomic mass is 10.3. The molecular formula is C12H14N6OS. The van der Waals surface area contributed by atoms with Crippen molar-refractivity contribution < 1.29 is 0 Å². The van der Waals surface area contributed by atoms with Gasteiger partial charge in [-0.1, -0.05) is 0 Å². The molecule has 0 aliphatic heterocycles. The molecule has 1 aliphatic carbocycles. The summed E-state index contributed by atoms with van der Waals surface area (Å²) in [5.41, 5.74) is 3.25. The first-order chi connectivity index (χ1) is 9.67. The molecule has 0 aromatic carbocycles. The van der Waals surface area contributed by atoms with Gasteiger partial charge in [-0.3, -0.25) is 4.79 Å². The van der Waals surface area contributed by atoms with Crippen LogP contribution >= 0.6 is 11.8 Å². The number of nitrogens with zero attached hydrogens (tertiary/aromatic N) is 3. The van der Waals surface area contributed by atoms with E-state index < -0.39 is 0 Å². The van der Waals surface area contributed by atoms with Crippen molar-refractivity contribution in [2.75, 3.05) is 5.43 Å². The second-order valence-electron chi connectivity index (χ2n) is 4.62. The summed E-state index contributed by atoms with van der Waals surface area (Å²) >= 11 is 1.30. The van der Waals surface area contributed by atoms with Crippen molar-refractivity contribution in [3.8, 4) is 0 Å². The van der Waals surface area contributed by atoms with Gasteiger partial charge in [-0.15, -0.1) is 0 Å². The normalized spacial score (nSPS) is 14.3. The maximum atomic E-state index is 11.3. The van der Waals surface area contributed by atoms with E-state index in [1.165, 1.54) is 24.0 Å². The van der Waals surface area contributed by atoms with E-state index >= 15 is 0 Å². The van der Waals surface area contributed by atoms with Gasteiger partial charge in [-0.2, -0.15) is 0 Å². The Balaban J connectivity index is 1.99. The van der Waals surface area contributed by atoms with Crippen molar-refractivity contribution in [3.05, 3.63) is 34.0 Å². The molecule has 104 valence electrons. The number of nitrogens with two attached hydrogens (primary N) is 1. The fourth-order valence-electron chi connectivity index (χ4n) is 1.77. The molecule has 4 N–H and O–H groups in total. The Labute approximate surface area is 119 Å². The van der Waals surface area contributed by atoms with Crippen molar-refractivity contribution in [2.45, 2.75) is 35.9 Å². The van der Waals surface area contributed by atoms with E-state index in [0.717, 1.165) is 29.3 Å². The fraction of sp³-hybridized carbons (Fsp3) is 0.333. The summed E-state index contributed by atoms with van der Waals surface area (Å²) in [6.45, 7) is 1.88. The van der Waals surface area contributed by atoms with Crippen LogP contribution < -0.4 is 16.8 Å². The van der Waals surface area contributed by atoms with Gasteiger partial charge in [0.2, 0.25) is 0 Å². The van der Waals surface area contributed by atoms with E-state index in [-0.39, 0.29) is 5.56 Å². The molecule has 3 rings (SSSR count). The van der Waals surface area contributed by atoms with Crippen LogP contribution in [0, 0.1) is 6.92 Å². The second kappa shape index (κ2) is 5.22. The highest BCUT2D eigenvalue weighted by atomic mass is 32.2. The SMILES string of the molecule is Cc1c(NN)nc(C2CC2)nc1Sc1nccc(=O)[nH]1. The highest BCUT2D eigenvalue weighted by Crippen LogP contribution is 2.40. The van der Waals surface area contributed by atoms with Crippen LogP contribution in [0.5, 0.6) is 0 Å². The van der Waals surface area contributed by atoms with Crippen molar-refractivity contribution in [2.24, 2.45) is 5.84 Å². The topological polar surface area (TPSA) is 110 Å². The van der Waals surface area contributed by atoms with Gasteiger partial charge in [0.1, 0.15) is 16.7 Å². The molecule has 7 nitrogen and oxygen atoms in total. The van der Waals surface area contributed by atoms with E-state index in [9.17, 15) is 4.79 Å². The number of hydrogen-bond donors (Lipinski definition) is 3. The first kappa shape index (κ1) is 13.1. The average molecular weight is 290 g/mol. The number of rotatable bonds is 4. The predicted molar refractivity (Wildman–Crippen MR) is 75.5 cm³/mol. The van der Waals surface area contributed by atoms with Gasteiger partial charge in [0.05, 0.1) is 0 Å². The Morgan fingerprint density at radius 2 is 2.25 bits per heavy atom. The molecule has 8 heteroatoms. The van der Waals surface area contributed by atoms with Gasteiger partial charge in [0.15, 0.2) is 5.16 Å². The number of nitrogens with one attached hydrogen (secondary N) is 2. The molecule has 0 bridgehead atoms. The summed E-state index contributed by atoms with van der Waals surface area (Å²) in [6, 6.07) is 1.37. The summed E-state index contributed by atoms with van der Waals surface area (Å²) in [5, 5.41) is 1.26. The molecule has 20 heavy (non-hydrogen) atoms. The molecule has 1 aliphatic rings. The zero-order chi connectivity index (χ0) is 14.1. The van der Waals surface area contributed by atoms with Crippen LogP contribution in [0.1, 0.15) is 30.1 Å². The largest absolute Gasteiger partial charge is 0.308 e. The van der Waals surface area contributed by atoms with Gasteiger partial charge in [0.25, 0.3) is 5.56 Å². The number of hydrazine groups is 1. The molecule has 2 heterocycles. The minimum absolute atomic E-state index is 0.186. The highest BCUT2D eigenvalue weighted by Gasteiger charge is 2.28. The van der Waals surface area contributed by atoms with Gasteiger partial charge in [-0.05, 0) is 31.5 Å². The highest BCUT2D eigenvalue weighted by molar-refractivity contribution is 7.99. The Kier molecular flexibility index (Phi) is 3.41. The third-order valence-corrected chi connectivity index (χ3v) is 4.03. The van der Waals surface area contributed by atoms with Crippen LogP contribution in [0.3, 0.4) is 0 Å². The molecule has 2 aromatic heterocycles. The lowest BCUT2D eigenvalue weighted by Gasteiger charge is -2.10. The fourth-order valence-corrected chi connectivity index (χ4v) is 2.61. The maximum Gasteiger partial charge on any atom is 0.251 e. The molecule has 0 spiro atoms. The standard InChI is InChI=1S/C12H14N6OS/c1-6-9(18-13)16-10(7-2-3-7)17-11(6)20-12-14-5-4-8(19)15-12/h4-5,7H,2-3,13H2,1H3,(H,14,15,19)(H,16,17,18). The van der Waals surface area contributed by atoms with Crippen LogP contribution in [-0.4, -0.2) is 19.9 Å². The summed E-state index contributed by atoms with van der Waals surface area (Å²) in [4.78, 5) is 27.1. The van der Waals surface area contributed by atoms with Crippen molar-refractivity contribution in [3.63, 3.8) is 0 Å². The molecule has 0 amide bonds. The molecule has 1 fully saturated rings. The maximum absolute atomic E-state index is 11.3. The number of aromatic amines is 1. The number of nitrogen functional groups attached to an aromatic ring is 1. The first-order valence-electron chi connectivity index (χ1n) is 6.25. The number of hydrogen-bond acceptors (Lipinski definition) is 7.